The molecule has 2 heterocycles. The van der Waals surface area contributed by atoms with Crippen molar-refractivity contribution in [2.75, 3.05) is 0 Å². The molecule has 0 aliphatic rings. The van der Waals surface area contributed by atoms with Gasteiger partial charge in [-0.15, -0.1) is 0 Å². The van der Waals surface area contributed by atoms with Crippen LogP contribution >= 0.6 is 22.6 Å². The molecule has 0 radical (unpaired) electrons. The third-order valence-corrected chi connectivity index (χ3v) is 2.26. The Morgan fingerprint density at radius 2 is 2.21 bits per heavy atom. The Morgan fingerprint density at radius 3 is 2.86 bits per heavy atom. The van der Waals surface area contributed by atoms with Gasteiger partial charge in [0, 0.05) is 12.4 Å². The Labute approximate surface area is 94.1 Å². The number of nitrogens with zero attached hydrogens (tertiary/aromatic N) is 3. The minimum Gasteiger partial charge on any atom is -0.267 e. The van der Waals surface area contributed by atoms with Crippen molar-refractivity contribution in [2.24, 2.45) is 0 Å². The summed E-state index contributed by atoms with van der Waals surface area (Å²) in [5.41, 5.74) is 0.810. The minimum atomic E-state index is -0.315. The minimum absolute atomic E-state index is 0.315. The lowest BCUT2D eigenvalue weighted by atomic mass is 10.3. The molecule has 0 amide bonds. The van der Waals surface area contributed by atoms with Crippen LogP contribution in [0.25, 0.3) is 0 Å². The Bertz CT molecular complexity index is 441. The largest absolute Gasteiger partial charge is 0.267 e. The van der Waals surface area contributed by atoms with Gasteiger partial charge in [0.15, 0.2) is 0 Å². The fraction of sp³-hybridized carbons (Fsp3) is 0.111. The number of halogens is 2. The van der Waals surface area contributed by atoms with Gasteiger partial charge in [-0.1, -0.05) is 0 Å². The lowest BCUT2D eigenvalue weighted by Crippen LogP contribution is -2.00. The molecule has 3 nitrogen and oxygen atoms in total. The van der Waals surface area contributed by atoms with Gasteiger partial charge in [-0.3, -0.25) is 9.67 Å². The van der Waals surface area contributed by atoms with Crippen molar-refractivity contribution in [3.63, 3.8) is 0 Å². The van der Waals surface area contributed by atoms with Crippen LogP contribution < -0.4 is 0 Å². The van der Waals surface area contributed by atoms with Crippen molar-refractivity contribution < 1.29 is 4.39 Å². The fourth-order valence-corrected chi connectivity index (χ4v) is 1.60. The molecule has 2 aromatic heterocycles. The van der Waals surface area contributed by atoms with Crippen LogP contribution in [0.5, 0.6) is 0 Å². The van der Waals surface area contributed by atoms with E-state index in [1.165, 1.54) is 12.3 Å². The monoisotopic (exact) mass is 303 g/mol. The van der Waals surface area contributed by atoms with Gasteiger partial charge in [-0.05, 0) is 34.2 Å². The van der Waals surface area contributed by atoms with E-state index in [2.05, 4.69) is 32.7 Å². The molecule has 2 rings (SSSR count). The van der Waals surface area contributed by atoms with E-state index < -0.39 is 0 Å². The Balaban J connectivity index is 2.18. The molecule has 0 aromatic carbocycles. The summed E-state index contributed by atoms with van der Waals surface area (Å²) >= 11 is 2.18. The Hall–Kier alpha value is -0.980. The fourth-order valence-electron chi connectivity index (χ4n) is 1.15. The van der Waals surface area contributed by atoms with Crippen molar-refractivity contribution in [3.8, 4) is 0 Å². The second-order valence-electron chi connectivity index (χ2n) is 2.87. The van der Waals surface area contributed by atoms with Crippen molar-refractivity contribution in [2.45, 2.75) is 6.54 Å². The molecule has 0 aliphatic heterocycles. The number of hydrogen-bond acceptors (Lipinski definition) is 2. The molecule has 5 heteroatoms. The zero-order valence-electron chi connectivity index (χ0n) is 7.19. The van der Waals surface area contributed by atoms with Crippen LogP contribution in [0.4, 0.5) is 4.39 Å². The second-order valence-corrected chi connectivity index (χ2v) is 4.11. The van der Waals surface area contributed by atoms with Crippen molar-refractivity contribution in [1.29, 1.82) is 0 Å². The summed E-state index contributed by atoms with van der Waals surface area (Å²) in [4.78, 5) is 3.77. The SMILES string of the molecule is Fc1cncc(Cn2cc(I)cn2)c1. The van der Waals surface area contributed by atoms with E-state index in [4.69, 9.17) is 0 Å². The van der Waals surface area contributed by atoms with Crippen LogP contribution in [0.1, 0.15) is 5.56 Å². The van der Waals surface area contributed by atoms with Crippen LogP contribution in [-0.4, -0.2) is 14.8 Å². The van der Waals surface area contributed by atoms with E-state index in [-0.39, 0.29) is 5.82 Å². The summed E-state index contributed by atoms with van der Waals surface area (Å²) in [7, 11) is 0. The smallest absolute Gasteiger partial charge is 0.141 e. The highest BCUT2D eigenvalue weighted by molar-refractivity contribution is 14.1. The maximum Gasteiger partial charge on any atom is 0.141 e. The molecule has 0 N–H and O–H groups in total. The first kappa shape index (κ1) is 9.57. The second kappa shape index (κ2) is 4.04. The maximum absolute atomic E-state index is 12.8. The quantitative estimate of drug-likeness (QED) is 0.795. The molecule has 0 aliphatic carbocycles. The normalized spacial score (nSPS) is 10.4. The standard InChI is InChI=1S/C9H7FIN3/c10-8-1-7(2-12-3-8)5-14-6-9(11)4-13-14/h1-4,6H,5H2. The summed E-state index contributed by atoms with van der Waals surface area (Å²) in [5, 5.41) is 4.10. The molecule has 0 saturated carbocycles. The van der Waals surface area contributed by atoms with Gasteiger partial charge < -0.3 is 0 Å². The molecule has 14 heavy (non-hydrogen) atoms. The molecule has 0 bridgehead atoms. The van der Waals surface area contributed by atoms with E-state index in [1.807, 2.05) is 6.20 Å². The first-order chi connectivity index (χ1) is 6.74. The zero-order valence-corrected chi connectivity index (χ0v) is 9.35. The van der Waals surface area contributed by atoms with Crippen LogP contribution in [-0.2, 0) is 6.54 Å². The highest BCUT2D eigenvalue weighted by Crippen LogP contribution is 2.06. The molecule has 0 fully saturated rings. The van der Waals surface area contributed by atoms with E-state index in [9.17, 15) is 4.39 Å². The molecular weight excluding hydrogens is 296 g/mol. The first-order valence-corrected chi connectivity index (χ1v) is 5.09. The average molecular weight is 303 g/mol. The number of hydrogen-bond donors (Lipinski definition) is 0. The van der Waals surface area contributed by atoms with Gasteiger partial charge in [-0.25, -0.2) is 4.39 Å². The molecule has 72 valence electrons. The Morgan fingerprint density at radius 1 is 1.36 bits per heavy atom. The van der Waals surface area contributed by atoms with Crippen molar-refractivity contribution >= 4 is 22.6 Å². The third kappa shape index (κ3) is 2.28. The van der Waals surface area contributed by atoms with Gasteiger partial charge in [0.05, 0.1) is 22.5 Å². The highest BCUT2D eigenvalue weighted by atomic mass is 127. The van der Waals surface area contributed by atoms with E-state index >= 15 is 0 Å². The van der Waals surface area contributed by atoms with Crippen LogP contribution in [0.15, 0.2) is 30.9 Å². The maximum atomic E-state index is 12.8. The zero-order chi connectivity index (χ0) is 9.97. The Kier molecular flexibility index (Phi) is 2.76. The van der Waals surface area contributed by atoms with E-state index in [0.717, 1.165) is 9.13 Å². The summed E-state index contributed by atoms with van der Waals surface area (Å²) < 4.78 is 15.6. The molecular formula is C9H7FIN3. The molecule has 0 spiro atoms. The topological polar surface area (TPSA) is 30.7 Å². The van der Waals surface area contributed by atoms with Gasteiger partial charge in [0.1, 0.15) is 5.82 Å². The number of pyridine rings is 1. The van der Waals surface area contributed by atoms with Gasteiger partial charge in [-0.2, -0.15) is 5.10 Å². The number of rotatable bonds is 2. The lowest BCUT2D eigenvalue weighted by Gasteiger charge is -2.00. The summed E-state index contributed by atoms with van der Waals surface area (Å²) in [5.74, 6) is -0.315. The predicted octanol–water partition coefficient (Wildman–Crippen LogP) is 2.07. The summed E-state index contributed by atoms with van der Waals surface area (Å²) in [6.45, 7) is 0.549. The molecule has 0 atom stereocenters. The molecule has 2 aromatic rings. The van der Waals surface area contributed by atoms with E-state index in [0.29, 0.717) is 6.54 Å². The summed E-state index contributed by atoms with van der Waals surface area (Å²) in [6.07, 6.45) is 6.48. The molecule has 0 unspecified atom stereocenters. The summed E-state index contributed by atoms with van der Waals surface area (Å²) in [6, 6.07) is 1.46. The van der Waals surface area contributed by atoms with Gasteiger partial charge >= 0.3 is 0 Å². The van der Waals surface area contributed by atoms with Crippen LogP contribution in [0.2, 0.25) is 0 Å². The van der Waals surface area contributed by atoms with Crippen LogP contribution in [0.3, 0.4) is 0 Å². The highest BCUT2D eigenvalue weighted by Gasteiger charge is 1.99. The number of aromatic nitrogens is 3. The van der Waals surface area contributed by atoms with E-state index in [1.54, 1.807) is 17.1 Å². The van der Waals surface area contributed by atoms with Crippen molar-refractivity contribution in [3.05, 3.63) is 45.8 Å². The van der Waals surface area contributed by atoms with Crippen LogP contribution in [0, 0.1) is 9.39 Å². The van der Waals surface area contributed by atoms with Crippen molar-refractivity contribution in [1.82, 2.24) is 14.8 Å². The molecule has 0 saturated heterocycles. The lowest BCUT2D eigenvalue weighted by molar-refractivity contribution is 0.611. The predicted molar refractivity (Wildman–Crippen MR) is 58.2 cm³/mol. The third-order valence-electron chi connectivity index (χ3n) is 1.71. The van der Waals surface area contributed by atoms with Gasteiger partial charge in [0.25, 0.3) is 0 Å². The first-order valence-electron chi connectivity index (χ1n) is 4.01. The average Bonchev–Trinajstić information content (AvgIpc) is 2.51. The van der Waals surface area contributed by atoms with Gasteiger partial charge in [0.2, 0.25) is 0 Å².